The Balaban J connectivity index is 0.000000186. The molecule has 2 heterocycles. The van der Waals surface area contributed by atoms with Crippen molar-refractivity contribution >= 4 is 52.1 Å². The number of carbonyl (C=O) groups is 1. The van der Waals surface area contributed by atoms with Gasteiger partial charge in [0.25, 0.3) is 0 Å². The lowest BCUT2D eigenvalue weighted by molar-refractivity contribution is 0.112. The summed E-state index contributed by atoms with van der Waals surface area (Å²) in [6.07, 6.45) is 9.08. The maximum absolute atomic E-state index is 10.7. The second-order valence-electron chi connectivity index (χ2n) is 9.15. The molecule has 0 radical (unpaired) electrons. The molecule has 38 heavy (non-hydrogen) atoms. The third-order valence-corrected chi connectivity index (χ3v) is 7.65. The van der Waals surface area contributed by atoms with Gasteiger partial charge in [0.15, 0.2) is 12.1 Å². The van der Waals surface area contributed by atoms with Crippen molar-refractivity contribution in [2.75, 3.05) is 22.3 Å². The van der Waals surface area contributed by atoms with Gasteiger partial charge in [-0.3, -0.25) is 4.79 Å². The smallest absolute Gasteiger partial charge is 0.160 e. The molecule has 5 nitrogen and oxygen atoms in total. The molecule has 0 amide bonds. The van der Waals surface area contributed by atoms with Crippen LogP contribution in [0, 0.1) is 6.92 Å². The van der Waals surface area contributed by atoms with Crippen molar-refractivity contribution < 1.29 is 4.79 Å². The van der Waals surface area contributed by atoms with Crippen LogP contribution in [0.25, 0.3) is 22.3 Å². The summed E-state index contributed by atoms with van der Waals surface area (Å²) in [6, 6.07) is 19.4. The number of rotatable bonds is 4. The van der Waals surface area contributed by atoms with Crippen molar-refractivity contribution in [3.8, 4) is 11.4 Å². The van der Waals surface area contributed by atoms with Gasteiger partial charge in [-0.2, -0.15) is 0 Å². The second-order valence-corrected chi connectivity index (χ2v) is 10.7. The average Bonchev–Trinajstić information content (AvgIpc) is 3.24. The van der Waals surface area contributed by atoms with Crippen molar-refractivity contribution in [1.82, 2.24) is 9.97 Å². The highest BCUT2D eigenvalue weighted by atomic mass is 35.5. The van der Waals surface area contributed by atoms with Crippen LogP contribution in [0.15, 0.2) is 66.9 Å². The van der Waals surface area contributed by atoms with E-state index < -0.39 is 0 Å². The van der Waals surface area contributed by atoms with Crippen LogP contribution in [-0.4, -0.2) is 28.6 Å². The number of aromatic nitrogens is 2. The van der Waals surface area contributed by atoms with Crippen LogP contribution < -0.4 is 10.0 Å². The first-order valence-corrected chi connectivity index (χ1v) is 14.5. The Morgan fingerprint density at radius 3 is 2.55 bits per heavy atom. The average molecular weight is 549 g/mol. The van der Waals surface area contributed by atoms with Gasteiger partial charge < -0.3 is 10.0 Å². The molecule has 2 N–H and O–H groups in total. The zero-order valence-corrected chi connectivity index (χ0v) is 24.1. The number of aryl methyl sites for hydroxylation is 1. The van der Waals surface area contributed by atoms with Crippen molar-refractivity contribution in [3.05, 3.63) is 83.0 Å². The van der Waals surface area contributed by atoms with Crippen LogP contribution in [-0.2, 0) is 0 Å². The van der Waals surface area contributed by atoms with Gasteiger partial charge in [-0.25, -0.2) is 9.97 Å². The summed E-state index contributed by atoms with van der Waals surface area (Å²) in [5, 5.41) is 1.58. The van der Waals surface area contributed by atoms with E-state index in [1.807, 2.05) is 79.7 Å². The highest BCUT2D eigenvalue weighted by Gasteiger charge is 2.12. The van der Waals surface area contributed by atoms with E-state index in [2.05, 4.69) is 28.1 Å². The molecule has 3 aromatic carbocycles. The number of hydrogen-bond donors (Lipinski definition) is 1. The lowest BCUT2D eigenvalue weighted by atomic mass is 10.1. The lowest BCUT2D eigenvalue weighted by Crippen LogP contribution is -2.14. The first kappa shape index (κ1) is 29.5. The molecule has 0 bridgehead atoms. The van der Waals surface area contributed by atoms with Crippen LogP contribution in [0.2, 0.25) is 5.02 Å². The number of aldehydes is 1. The maximum atomic E-state index is 10.7. The lowest BCUT2D eigenvalue weighted by Gasteiger charge is -2.21. The van der Waals surface area contributed by atoms with Crippen molar-refractivity contribution in [3.63, 3.8) is 0 Å². The molecule has 0 unspecified atom stereocenters. The summed E-state index contributed by atoms with van der Waals surface area (Å²) in [6.45, 7) is 7.45. The number of anilines is 2. The molecule has 0 saturated carbocycles. The Bertz CT molecular complexity index is 1320. The number of hydrogen-bond acceptors (Lipinski definition) is 6. The first-order valence-electron chi connectivity index (χ1n) is 13.2. The largest absolute Gasteiger partial charge is 0.399 e. The molecule has 1 aromatic heterocycles. The number of fused-ring (bicyclic) bond motifs is 1. The predicted molar refractivity (Wildman–Crippen MR) is 165 cm³/mol. The first-order chi connectivity index (χ1) is 18.5. The number of carbonyl (C=O) groups excluding carboxylic acids is 1. The van der Waals surface area contributed by atoms with E-state index in [1.165, 1.54) is 32.1 Å². The highest BCUT2D eigenvalue weighted by Crippen LogP contribution is 2.30. The molecule has 0 atom stereocenters. The van der Waals surface area contributed by atoms with E-state index in [0.29, 0.717) is 10.6 Å². The van der Waals surface area contributed by atoms with Gasteiger partial charge in [-0.15, -0.1) is 0 Å². The minimum atomic E-state index is 0.539. The topological polar surface area (TPSA) is 72.1 Å². The second kappa shape index (κ2) is 15.4. The van der Waals surface area contributed by atoms with Crippen LogP contribution in [0.5, 0.6) is 0 Å². The standard InChI is InChI=1S/C15H13N3.C12H14ClNOS.C4H10/c1-10-6-7-12(16)8-13(10)15-17-9-11-4-2-3-5-14(11)18-15;13-12-8-11(5-4-10(12)9-15)14-6-2-1-3-7-16-14;1-3-4-2/h2-9H,16H2,1H3;4-5,8-9H,1-3,6-7H2;3-4H2,1-2H3. The van der Waals surface area contributed by atoms with Gasteiger partial charge in [0.2, 0.25) is 0 Å². The number of halogens is 1. The maximum Gasteiger partial charge on any atom is 0.160 e. The van der Waals surface area contributed by atoms with Gasteiger partial charge in [0, 0.05) is 46.4 Å². The van der Waals surface area contributed by atoms with Gasteiger partial charge >= 0.3 is 0 Å². The number of nitrogen functional groups attached to an aromatic ring is 1. The number of benzene rings is 3. The molecular weight excluding hydrogens is 512 g/mol. The summed E-state index contributed by atoms with van der Waals surface area (Å²) >= 11 is 7.87. The van der Waals surface area contributed by atoms with Gasteiger partial charge in [-0.05, 0) is 73.7 Å². The number of nitrogens with two attached hydrogens (primary N) is 1. The Morgan fingerprint density at radius 2 is 1.82 bits per heavy atom. The summed E-state index contributed by atoms with van der Waals surface area (Å²) in [5.74, 6) is 1.88. The van der Waals surface area contributed by atoms with E-state index in [1.54, 1.807) is 6.07 Å². The Kier molecular flexibility index (Phi) is 11.9. The molecule has 1 aliphatic rings. The van der Waals surface area contributed by atoms with Crippen molar-refractivity contribution in [2.45, 2.75) is 52.9 Å². The van der Waals surface area contributed by atoms with E-state index in [0.717, 1.165) is 57.8 Å². The predicted octanol–water partition coefficient (Wildman–Crippen LogP) is 8.78. The van der Waals surface area contributed by atoms with Crippen LogP contribution >= 0.6 is 23.5 Å². The van der Waals surface area contributed by atoms with E-state index in [-0.39, 0.29) is 0 Å². The third kappa shape index (κ3) is 8.47. The fourth-order valence-corrected chi connectivity index (χ4v) is 5.02. The third-order valence-electron chi connectivity index (χ3n) is 6.14. The van der Waals surface area contributed by atoms with Crippen molar-refractivity contribution in [2.24, 2.45) is 0 Å². The summed E-state index contributed by atoms with van der Waals surface area (Å²) in [4.78, 5) is 19.7. The molecule has 200 valence electrons. The number of para-hydroxylation sites is 1. The Labute approximate surface area is 236 Å². The molecule has 1 saturated heterocycles. The molecule has 7 heteroatoms. The van der Waals surface area contributed by atoms with Gasteiger partial charge in [-0.1, -0.05) is 69.0 Å². The van der Waals surface area contributed by atoms with E-state index >= 15 is 0 Å². The van der Waals surface area contributed by atoms with Gasteiger partial charge in [0.1, 0.15) is 0 Å². The number of nitrogens with zero attached hydrogens (tertiary/aromatic N) is 3. The van der Waals surface area contributed by atoms with Crippen LogP contribution in [0.4, 0.5) is 11.4 Å². The molecule has 0 spiro atoms. The quantitative estimate of drug-likeness (QED) is 0.156. The zero-order chi connectivity index (χ0) is 27.3. The Hall–Kier alpha value is -3.09. The van der Waals surface area contributed by atoms with Crippen molar-refractivity contribution in [1.29, 1.82) is 0 Å². The normalized spacial score (nSPS) is 13.0. The molecule has 1 fully saturated rings. The SMILES string of the molecule is CCCC.Cc1ccc(N)cc1-c1ncc2ccccc2n1.O=Cc1ccc(N2CCCCCS2)cc1Cl. The minimum Gasteiger partial charge on any atom is -0.399 e. The fourth-order valence-electron chi connectivity index (χ4n) is 3.73. The zero-order valence-electron chi connectivity index (χ0n) is 22.5. The van der Waals surface area contributed by atoms with Gasteiger partial charge in [0.05, 0.1) is 10.5 Å². The molecular formula is C31H37ClN4OS. The minimum absolute atomic E-state index is 0.539. The fraction of sp³-hybridized carbons (Fsp3) is 0.323. The van der Waals surface area contributed by atoms with Crippen LogP contribution in [0.1, 0.15) is 61.9 Å². The molecule has 0 aliphatic carbocycles. The van der Waals surface area contributed by atoms with E-state index in [4.69, 9.17) is 17.3 Å². The summed E-state index contributed by atoms with van der Waals surface area (Å²) in [7, 11) is 0. The Morgan fingerprint density at radius 1 is 1.03 bits per heavy atom. The molecule has 1 aliphatic heterocycles. The monoisotopic (exact) mass is 548 g/mol. The van der Waals surface area contributed by atoms with Crippen LogP contribution in [0.3, 0.4) is 0 Å². The highest BCUT2D eigenvalue weighted by molar-refractivity contribution is 8.00. The molecule has 5 rings (SSSR count). The number of unbranched alkanes of at least 4 members (excludes halogenated alkanes) is 1. The molecule has 4 aromatic rings. The summed E-state index contributed by atoms with van der Waals surface area (Å²) < 4.78 is 2.27. The summed E-state index contributed by atoms with van der Waals surface area (Å²) in [5.41, 5.74) is 11.3. The van der Waals surface area contributed by atoms with E-state index in [9.17, 15) is 4.79 Å².